The molecule has 0 amide bonds. The molecule has 1 fully saturated rings. The molecule has 1 saturated heterocycles. The second-order valence-corrected chi connectivity index (χ2v) is 7.79. The number of aryl methyl sites for hydroxylation is 2. The van der Waals surface area contributed by atoms with Gasteiger partial charge in [0.25, 0.3) is 0 Å². The molecular weight excluding hydrogens is 392 g/mol. The van der Waals surface area contributed by atoms with Gasteiger partial charge in [0, 0.05) is 44.5 Å². The maximum absolute atomic E-state index is 5.57. The molecule has 1 unspecified atom stereocenters. The highest BCUT2D eigenvalue weighted by Gasteiger charge is 2.23. The molecule has 0 bridgehead atoms. The van der Waals surface area contributed by atoms with Crippen LogP contribution in [0.15, 0.2) is 29.3 Å². The van der Waals surface area contributed by atoms with E-state index in [-0.39, 0.29) is 6.04 Å². The number of ether oxygens (including phenoxy) is 2. The molecule has 0 radical (unpaired) electrons. The Hall–Kier alpha value is -2.58. The van der Waals surface area contributed by atoms with Crippen LogP contribution >= 0.6 is 0 Å². The minimum Gasteiger partial charge on any atom is -0.497 e. The first-order chi connectivity index (χ1) is 15.0. The number of morpholine rings is 1. The summed E-state index contributed by atoms with van der Waals surface area (Å²) >= 11 is 0. The lowest BCUT2D eigenvalue weighted by molar-refractivity contribution is 0.0170. The molecule has 3 rings (SSSR count). The van der Waals surface area contributed by atoms with E-state index in [0.29, 0.717) is 6.54 Å². The summed E-state index contributed by atoms with van der Waals surface area (Å²) < 4.78 is 12.8. The number of hydrogen-bond acceptors (Lipinski definition) is 5. The maximum atomic E-state index is 5.57. The van der Waals surface area contributed by atoms with Crippen LogP contribution in [-0.4, -0.2) is 67.1 Å². The van der Waals surface area contributed by atoms with Crippen LogP contribution in [0.1, 0.15) is 35.5 Å². The molecule has 1 aromatic heterocycles. The maximum Gasteiger partial charge on any atom is 0.191 e. The molecular formula is C23H36N6O2. The normalized spacial score (nSPS) is 16.2. The van der Waals surface area contributed by atoms with E-state index in [0.717, 1.165) is 62.5 Å². The van der Waals surface area contributed by atoms with Crippen molar-refractivity contribution in [3.63, 3.8) is 0 Å². The number of benzene rings is 1. The van der Waals surface area contributed by atoms with Crippen molar-refractivity contribution in [2.24, 2.45) is 12.0 Å². The first kappa shape index (κ1) is 23.1. The van der Waals surface area contributed by atoms with Crippen LogP contribution in [0, 0.1) is 13.8 Å². The number of aromatic nitrogens is 2. The number of rotatable bonds is 8. The molecule has 0 saturated carbocycles. The fourth-order valence-electron chi connectivity index (χ4n) is 3.91. The van der Waals surface area contributed by atoms with E-state index in [1.54, 1.807) is 7.11 Å². The van der Waals surface area contributed by atoms with E-state index in [1.165, 1.54) is 11.1 Å². The fourth-order valence-corrected chi connectivity index (χ4v) is 3.91. The smallest absolute Gasteiger partial charge is 0.191 e. The molecule has 1 aromatic carbocycles. The summed E-state index contributed by atoms with van der Waals surface area (Å²) in [4.78, 5) is 7.30. The largest absolute Gasteiger partial charge is 0.497 e. The third kappa shape index (κ3) is 5.98. The molecule has 2 aromatic rings. The zero-order chi connectivity index (χ0) is 22.2. The molecule has 1 aliphatic heterocycles. The van der Waals surface area contributed by atoms with E-state index in [9.17, 15) is 0 Å². The Bertz CT molecular complexity index is 856. The number of aliphatic imine (C=N–C) groups is 1. The summed E-state index contributed by atoms with van der Waals surface area (Å²) in [5, 5.41) is 11.4. The van der Waals surface area contributed by atoms with Gasteiger partial charge in [-0.05, 0) is 38.5 Å². The van der Waals surface area contributed by atoms with Gasteiger partial charge in [0.1, 0.15) is 5.75 Å². The van der Waals surface area contributed by atoms with Gasteiger partial charge in [-0.25, -0.2) is 4.99 Å². The Balaban J connectivity index is 1.74. The van der Waals surface area contributed by atoms with Crippen LogP contribution in [-0.2, 0) is 18.3 Å². The lowest BCUT2D eigenvalue weighted by atomic mass is 10.0. The Labute approximate surface area is 185 Å². The van der Waals surface area contributed by atoms with Gasteiger partial charge in [-0.3, -0.25) is 9.58 Å². The molecule has 8 nitrogen and oxygen atoms in total. The molecule has 2 N–H and O–H groups in total. The van der Waals surface area contributed by atoms with Gasteiger partial charge in [-0.15, -0.1) is 0 Å². The van der Waals surface area contributed by atoms with Crippen LogP contribution in [0.3, 0.4) is 0 Å². The second-order valence-electron chi connectivity index (χ2n) is 7.79. The zero-order valence-corrected chi connectivity index (χ0v) is 19.4. The summed E-state index contributed by atoms with van der Waals surface area (Å²) in [6.45, 7) is 11.7. The van der Waals surface area contributed by atoms with Crippen LogP contribution in [0.2, 0.25) is 0 Å². The molecule has 170 valence electrons. The highest BCUT2D eigenvalue weighted by atomic mass is 16.5. The van der Waals surface area contributed by atoms with Gasteiger partial charge in [0.2, 0.25) is 0 Å². The standard InChI is InChI=1S/C23H36N6O2/c1-6-24-23(25-15-21-17(2)27-28(4)18(21)3)26-16-22(29-11-13-31-14-12-29)19-7-9-20(30-5)10-8-19/h7-10,22H,6,11-16H2,1-5H3,(H2,24,25,26). The van der Waals surface area contributed by atoms with Crippen LogP contribution in [0.5, 0.6) is 5.75 Å². The van der Waals surface area contributed by atoms with Gasteiger partial charge in [-0.1, -0.05) is 12.1 Å². The van der Waals surface area contributed by atoms with Gasteiger partial charge < -0.3 is 20.1 Å². The van der Waals surface area contributed by atoms with Crippen molar-refractivity contribution in [1.82, 2.24) is 25.3 Å². The molecule has 0 aliphatic carbocycles. The lowest BCUT2D eigenvalue weighted by Crippen LogP contribution is -2.46. The van der Waals surface area contributed by atoms with Crippen molar-refractivity contribution in [3.8, 4) is 5.75 Å². The fraction of sp³-hybridized carbons (Fsp3) is 0.565. The third-order valence-electron chi connectivity index (χ3n) is 5.85. The monoisotopic (exact) mass is 428 g/mol. The summed E-state index contributed by atoms with van der Waals surface area (Å²) in [5.41, 5.74) is 4.62. The molecule has 1 atom stereocenters. The second kappa shape index (κ2) is 11.2. The molecule has 1 aliphatic rings. The first-order valence-corrected chi connectivity index (χ1v) is 11.0. The topological polar surface area (TPSA) is 75.9 Å². The number of guanidine groups is 1. The van der Waals surface area contributed by atoms with E-state index < -0.39 is 0 Å². The lowest BCUT2D eigenvalue weighted by Gasteiger charge is -2.35. The average molecular weight is 429 g/mol. The Morgan fingerprint density at radius 3 is 2.48 bits per heavy atom. The Morgan fingerprint density at radius 1 is 1.19 bits per heavy atom. The van der Waals surface area contributed by atoms with Crippen molar-refractivity contribution < 1.29 is 9.47 Å². The van der Waals surface area contributed by atoms with Crippen molar-refractivity contribution in [2.75, 3.05) is 46.5 Å². The number of hydrogen-bond donors (Lipinski definition) is 2. The van der Waals surface area contributed by atoms with Crippen molar-refractivity contribution in [1.29, 1.82) is 0 Å². The first-order valence-electron chi connectivity index (χ1n) is 11.0. The van der Waals surface area contributed by atoms with Gasteiger partial charge in [0.15, 0.2) is 5.96 Å². The minimum atomic E-state index is 0.223. The van der Waals surface area contributed by atoms with E-state index in [1.807, 2.05) is 30.8 Å². The summed E-state index contributed by atoms with van der Waals surface area (Å²) in [6, 6.07) is 8.56. The third-order valence-corrected chi connectivity index (χ3v) is 5.85. The number of methoxy groups -OCH3 is 1. The molecule has 0 spiro atoms. The highest BCUT2D eigenvalue weighted by molar-refractivity contribution is 5.79. The quantitative estimate of drug-likeness (QED) is 0.496. The SMILES string of the molecule is CCNC(=NCc1c(C)nn(C)c1C)NCC(c1ccc(OC)cc1)N1CCOCC1. The number of nitrogens with zero attached hydrogens (tertiary/aromatic N) is 4. The van der Waals surface area contributed by atoms with Gasteiger partial charge in [0.05, 0.1) is 38.6 Å². The number of nitrogens with one attached hydrogen (secondary N) is 2. The highest BCUT2D eigenvalue weighted by Crippen LogP contribution is 2.23. The van der Waals surface area contributed by atoms with E-state index in [2.05, 4.69) is 46.6 Å². The predicted molar refractivity (Wildman–Crippen MR) is 124 cm³/mol. The van der Waals surface area contributed by atoms with Gasteiger partial charge in [-0.2, -0.15) is 5.10 Å². The van der Waals surface area contributed by atoms with E-state index in [4.69, 9.17) is 14.5 Å². The van der Waals surface area contributed by atoms with Crippen LogP contribution in [0.25, 0.3) is 0 Å². The summed E-state index contributed by atoms with van der Waals surface area (Å²) in [6.07, 6.45) is 0. The van der Waals surface area contributed by atoms with Gasteiger partial charge >= 0.3 is 0 Å². The van der Waals surface area contributed by atoms with Crippen molar-refractivity contribution in [2.45, 2.75) is 33.4 Å². The Kier molecular flexibility index (Phi) is 8.31. The summed E-state index contributed by atoms with van der Waals surface area (Å²) in [5.74, 6) is 1.69. The molecule has 31 heavy (non-hydrogen) atoms. The zero-order valence-electron chi connectivity index (χ0n) is 19.4. The van der Waals surface area contributed by atoms with Crippen LogP contribution < -0.4 is 15.4 Å². The minimum absolute atomic E-state index is 0.223. The van der Waals surface area contributed by atoms with Crippen molar-refractivity contribution >= 4 is 5.96 Å². The molecule has 2 heterocycles. The van der Waals surface area contributed by atoms with Crippen LogP contribution in [0.4, 0.5) is 0 Å². The predicted octanol–water partition coefficient (Wildman–Crippen LogP) is 2.17. The molecule has 8 heteroatoms. The summed E-state index contributed by atoms with van der Waals surface area (Å²) in [7, 11) is 3.67. The average Bonchev–Trinajstić information content (AvgIpc) is 3.04. The van der Waals surface area contributed by atoms with E-state index >= 15 is 0 Å². The Morgan fingerprint density at radius 2 is 1.90 bits per heavy atom. The van der Waals surface area contributed by atoms with Crippen molar-refractivity contribution in [3.05, 3.63) is 46.8 Å².